The Kier molecular flexibility index (Phi) is 9.91. The maximum absolute atomic E-state index is 13.6. The van der Waals surface area contributed by atoms with E-state index in [9.17, 15) is 4.39 Å². The molecule has 0 saturated heterocycles. The highest BCUT2D eigenvalue weighted by Gasteiger charge is 2.06. The number of para-hydroxylation sites is 1. The van der Waals surface area contributed by atoms with Crippen LogP contribution < -0.4 is 15.4 Å². The SMILES string of the molecule is CN=C(NCCc1ccccc1F)NCC(C)Oc1ccccc1.I. The van der Waals surface area contributed by atoms with Crippen molar-refractivity contribution in [3.05, 3.63) is 66.0 Å². The summed E-state index contributed by atoms with van der Waals surface area (Å²) < 4.78 is 19.4. The highest BCUT2D eigenvalue weighted by atomic mass is 127. The lowest BCUT2D eigenvalue weighted by Gasteiger charge is -2.17. The first-order valence-electron chi connectivity index (χ1n) is 8.08. The minimum Gasteiger partial charge on any atom is -0.489 e. The van der Waals surface area contributed by atoms with E-state index in [0.717, 1.165) is 5.75 Å². The van der Waals surface area contributed by atoms with E-state index in [1.165, 1.54) is 6.07 Å². The summed E-state index contributed by atoms with van der Waals surface area (Å²) in [5, 5.41) is 6.39. The highest BCUT2D eigenvalue weighted by molar-refractivity contribution is 14.0. The van der Waals surface area contributed by atoms with Gasteiger partial charge in [0.15, 0.2) is 5.96 Å². The number of nitrogens with one attached hydrogen (secondary N) is 2. The van der Waals surface area contributed by atoms with Crippen LogP contribution in [0.4, 0.5) is 4.39 Å². The van der Waals surface area contributed by atoms with Crippen molar-refractivity contribution in [2.75, 3.05) is 20.1 Å². The minimum absolute atomic E-state index is 0. The van der Waals surface area contributed by atoms with E-state index in [-0.39, 0.29) is 35.9 Å². The zero-order valence-electron chi connectivity index (χ0n) is 14.5. The molecule has 1 unspecified atom stereocenters. The number of guanidine groups is 1. The van der Waals surface area contributed by atoms with Crippen LogP contribution in [-0.2, 0) is 6.42 Å². The zero-order chi connectivity index (χ0) is 17.2. The van der Waals surface area contributed by atoms with Crippen molar-refractivity contribution in [2.24, 2.45) is 4.99 Å². The fraction of sp³-hybridized carbons (Fsp3) is 0.316. The van der Waals surface area contributed by atoms with E-state index in [1.807, 2.05) is 43.3 Å². The van der Waals surface area contributed by atoms with Gasteiger partial charge in [-0.05, 0) is 37.1 Å². The minimum atomic E-state index is -0.174. The fourth-order valence-electron chi connectivity index (χ4n) is 2.25. The molecular formula is C19H25FIN3O. The Morgan fingerprint density at radius 1 is 1.08 bits per heavy atom. The fourth-order valence-corrected chi connectivity index (χ4v) is 2.25. The second-order valence-electron chi connectivity index (χ2n) is 5.46. The molecule has 25 heavy (non-hydrogen) atoms. The van der Waals surface area contributed by atoms with Crippen molar-refractivity contribution in [2.45, 2.75) is 19.4 Å². The van der Waals surface area contributed by atoms with Crippen LogP contribution in [0.3, 0.4) is 0 Å². The van der Waals surface area contributed by atoms with Gasteiger partial charge in [0.1, 0.15) is 17.7 Å². The van der Waals surface area contributed by atoms with Gasteiger partial charge in [0.05, 0.1) is 6.54 Å². The average molecular weight is 457 g/mol. The Labute approximate surface area is 165 Å². The van der Waals surface area contributed by atoms with E-state index < -0.39 is 0 Å². The van der Waals surface area contributed by atoms with E-state index >= 15 is 0 Å². The van der Waals surface area contributed by atoms with Gasteiger partial charge in [-0.15, -0.1) is 24.0 Å². The first kappa shape index (κ1) is 21.2. The highest BCUT2D eigenvalue weighted by Crippen LogP contribution is 2.10. The molecule has 1 atom stereocenters. The lowest BCUT2D eigenvalue weighted by atomic mass is 10.1. The molecule has 0 radical (unpaired) electrons. The first-order chi connectivity index (χ1) is 11.7. The van der Waals surface area contributed by atoms with Crippen molar-refractivity contribution in [1.82, 2.24) is 10.6 Å². The van der Waals surface area contributed by atoms with E-state index in [4.69, 9.17) is 4.74 Å². The summed E-state index contributed by atoms with van der Waals surface area (Å²) in [5.41, 5.74) is 0.696. The predicted molar refractivity (Wildman–Crippen MR) is 111 cm³/mol. The molecule has 0 aliphatic rings. The van der Waals surface area contributed by atoms with Gasteiger partial charge < -0.3 is 15.4 Å². The molecule has 0 saturated carbocycles. The Morgan fingerprint density at radius 3 is 2.44 bits per heavy atom. The van der Waals surface area contributed by atoms with Crippen LogP contribution in [0.1, 0.15) is 12.5 Å². The van der Waals surface area contributed by atoms with Crippen LogP contribution in [0.2, 0.25) is 0 Å². The summed E-state index contributed by atoms with van der Waals surface area (Å²) in [7, 11) is 1.71. The normalized spacial score (nSPS) is 12.0. The molecular weight excluding hydrogens is 432 g/mol. The molecule has 0 fully saturated rings. The Morgan fingerprint density at radius 2 is 1.76 bits per heavy atom. The number of hydrogen-bond donors (Lipinski definition) is 2. The molecule has 6 heteroatoms. The molecule has 0 heterocycles. The quantitative estimate of drug-likeness (QED) is 0.380. The maximum atomic E-state index is 13.6. The molecule has 0 aliphatic carbocycles. The van der Waals surface area contributed by atoms with Crippen LogP contribution in [0, 0.1) is 5.82 Å². The Hall–Kier alpha value is -1.83. The van der Waals surface area contributed by atoms with Crippen LogP contribution in [0.15, 0.2) is 59.6 Å². The molecule has 136 valence electrons. The van der Waals surface area contributed by atoms with Crippen LogP contribution >= 0.6 is 24.0 Å². The Bertz CT molecular complexity index is 652. The third-order valence-electron chi connectivity index (χ3n) is 3.51. The molecule has 0 aliphatic heterocycles. The Balaban J connectivity index is 0.00000312. The molecule has 0 aromatic heterocycles. The number of rotatable bonds is 7. The van der Waals surface area contributed by atoms with Crippen molar-refractivity contribution in [3.8, 4) is 5.75 Å². The third kappa shape index (κ3) is 7.72. The van der Waals surface area contributed by atoms with Crippen molar-refractivity contribution in [3.63, 3.8) is 0 Å². The second kappa shape index (κ2) is 11.7. The average Bonchev–Trinajstić information content (AvgIpc) is 2.60. The molecule has 4 nitrogen and oxygen atoms in total. The number of nitrogens with zero attached hydrogens (tertiary/aromatic N) is 1. The zero-order valence-corrected chi connectivity index (χ0v) is 16.9. The summed E-state index contributed by atoms with van der Waals surface area (Å²) in [6.07, 6.45) is 0.598. The van der Waals surface area contributed by atoms with E-state index in [2.05, 4.69) is 15.6 Å². The van der Waals surface area contributed by atoms with E-state index in [0.29, 0.717) is 31.0 Å². The standard InChI is InChI=1S/C19H24FN3O.HI/c1-15(24-17-9-4-3-5-10-17)14-23-19(21-2)22-13-12-16-8-6-7-11-18(16)20;/h3-11,15H,12-14H2,1-2H3,(H2,21,22,23);1H. The molecule has 2 rings (SSSR count). The first-order valence-corrected chi connectivity index (χ1v) is 8.08. The smallest absolute Gasteiger partial charge is 0.191 e. The van der Waals surface area contributed by atoms with Gasteiger partial charge >= 0.3 is 0 Å². The summed E-state index contributed by atoms with van der Waals surface area (Å²) >= 11 is 0. The largest absolute Gasteiger partial charge is 0.489 e. The van der Waals surface area contributed by atoms with Crippen LogP contribution in [0.5, 0.6) is 5.75 Å². The second-order valence-corrected chi connectivity index (χ2v) is 5.46. The monoisotopic (exact) mass is 457 g/mol. The lowest BCUT2D eigenvalue weighted by molar-refractivity contribution is 0.224. The number of hydrogen-bond acceptors (Lipinski definition) is 2. The van der Waals surface area contributed by atoms with Gasteiger partial charge in [-0.2, -0.15) is 0 Å². The summed E-state index contributed by atoms with van der Waals surface area (Å²) in [4.78, 5) is 4.17. The summed E-state index contributed by atoms with van der Waals surface area (Å²) in [6.45, 7) is 3.22. The number of halogens is 2. The lowest BCUT2D eigenvalue weighted by Crippen LogP contribution is -2.42. The maximum Gasteiger partial charge on any atom is 0.191 e. The summed E-state index contributed by atoms with van der Waals surface area (Å²) in [5.74, 6) is 1.34. The van der Waals surface area contributed by atoms with Gasteiger partial charge in [0.25, 0.3) is 0 Å². The number of ether oxygens (including phenoxy) is 1. The molecule has 2 aromatic carbocycles. The van der Waals surface area contributed by atoms with Gasteiger partial charge in [0.2, 0.25) is 0 Å². The van der Waals surface area contributed by atoms with Gasteiger partial charge in [0, 0.05) is 13.6 Å². The molecule has 2 aromatic rings. The molecule has 0 spiro atoms. The van der Waals surface area contributed by atoms with Crippen LogP contribution in [-0.4, -0.2) is 32.2 Å². The van der Waals surface area contributed by atoms with Crippen molar-refractivity contribution < 1.29 is 9.13 Å². The third-order valence-corrected chi connectivity index (χ3v) is 3.51. The predicted octanol–water partition coefficient (Wildman–Crippen LogP) is 3.62. The van der Waals surface area contributed by atoms with Gasteiger partial charge in [-0.25, -0.2) is 4.39 Å². The van der Waals surface area contributed by atoms with Crippen molar-refractivity contribution in [1.29, 1.82) is 0 Å². The number of aliphatic imine (C=N–C) groups is 1. The summed E-state index contributed by atoms with van der Waals surface area (Å²) in [6, 6.07) is 16.5. The number of benzene rings is 2. The molecule has 2 N–H and O–H groups in total. The van der Waals surface area contributed by atoms with Crippen molar-refractivity contribution >= 4 is 29.9 Å². The van der Waals surface area contributed by atoms with Gasteiger partial charge in [-0.3, -0.25) is 4.99 Å². The molecule has 0 bridgehead atoms. The topological polar surface area (TPSA) is 45.7 Å². The van der Waals surface area contributed by atoms with E-state index in [1.54, 1.807) is 19.2 Å². The van der Waals surface area contributed by atoms with Crippen LogP contribution in [0.25, 0.3) is 0 Å². The van der Waals surface area contributed by atoms with Gasteiger partial charge in [-0.1, -0.05) is 36.4 Å². The molecule has 0 amide bonds.